The summed E-state index contributed by atoms with van der Waals surface area (Å²) < 4.78 is 2.75. The van der Waals surface area contributed by atoms with Crippen molar-refractivity contribution in [2.45, 2.75) is 33.9 Å². The molecule has 11 heavy (non-hydrogen) atoms. The standard InChI is InChI=1S/C8H12S3/c1-8(2,3)11-7-5-4-6(9)10-7/h4-5,9H,1-3H3. The molecule has 0 saturated carbocycles. The van der Waals surface area contributed by atoms with Crippen molar-refractivity contribution in [3.05, 3.63) is 12.1 Å². The molecule has 0 unspecified atom stereocenters. The van der Waals surface area contributed by atoms with E-state index in [9.17, 15) is 0 Å². The van der Waals surface area contributed by atoms with Gasteiger partial charge in [0, 0.05) is 4.75 Å². The van der Waals surface area contributed by atoms with Gasteiger partial charge in [0.2, 0.25) is 0 Å². The SMILES string of the molecule is CC(C)(C)Sc1ccc(S)s1. The van der Waals surface area contributed by atoms with E-state index in [0.717, 1.165) is 4.21 Å². The minimum absolute atomic E-state index is 0.311. The van der Waals surface area contributed by atoms with Crippen molar-refractivity contribution in [3.63, 3.8) is 0 Å². The molecule has 0 nitrogen and oxygen atoms in total. The maximum atomic E-state index is 4.26. The van der Waals surface area contributed by atoms with E-state index in [0.29, 0.717) is 4.75 Å². The van der Waals surface area contributed by atoms with Crippen LogP contribution in [-0.2, 0) is 0 Å². The molecular formula is C8H12S3. The molecule has 1 heterocycles. The van der Waals surface area contributed by atoms with Crippen LogP contribution in [0.15, 0.2) is 20.6 Å². The Morgan fingerprint density at radius 3 is 2.36 bits per heavy atom. The highest BCUT2D eigenvalue weighted by atomic mass is 32.2. The molecule has 0 spiro atoms. The molecule has 0 amide bonds. The fourth-order valence-electron chi connectivity index (χ4n) is 0.667. The van der Waals surface area contributed by atoms with Gasteiger partial charge in [0.05, 0.1) is 8.42 Å². The van der Waals surface area contributed by atoms with Gasteiger partial charge < -0.3 is 0 Å². The van der Waals surface area contributed by atoms with E-state index in [1.54, 1.807) is 11.3 Å². The molecule has 0 aliphatic carbocycles. The number of thiol groups is 1. The molecule has 3 heteroatoms. The number of rotatable bonds is 1. The van der Waals surface area contributed by atoms with E-state index in [-0.39, 0.29) is 0 Å². The normalized spacial score (nSPS) is 12.0. The van der Waals surface area contributed by atoms with Gasteiger partial charge in [-0.3, -0.25) is 0 Å². The van der Waals surface area contributed by atoms with Gasteiger partial charge in [-0.1, -0.05) is 20.8 Å². The molecule has 1 aromatic heterocycles. The first-order valence-corrected chi connectivity index (χ1v) is 5.53. The van der Waals surface area contributed by atoms with Crippen LogP contribution >= 0.6 is 35.7 Å². The Hall–Kier alpha value is 0.400. The van der Waals surface area contributed by atoms with Gasteiger partial charge >= 0.3 is 0 Å². The summed E-state index contributed by atoms with van der Waals surface area (Å²) >= 11 is 7.89. The van der Waals surface area contributed by atoms with Crippen LogP contribution in [0, 0.1) is 0 Å². The summed E-state index contributed by atoms with van der Waals surface area (Å²) in [5.41, 5.74) is 0. The zero-order chi connectivity index (χ0) is 8.48. The highest BCUT2D eigenvalue weighted by Crippen LogP contribution is 2.37. The quantitative estimate of drug-likeness (QED) is 0.534. The fraction of sp³-hybridized carbons (Fsp3) is 0.500. The Morgan fingerprint density at radius 2 is 2.00 bits per heavy atom. The first-order valence-electron chi connectivity index (χ1n) is 3.45. The maximum Gasteiger partial charge on any atom is 0.0615 e. The van der Waals surface area contributed by atoms with Gasteiger partial charge in [0.1, 0.15) is 0 Å². The lowest BCUT2D eigenvalue weighted by atomic mass is 10.3. The minimum Gasteiger partial charge on any atom is -0.133 e. The Labute approximate surface area is 81.8 Å². The van der Waals surface area contributed by atoms with Crippen LogP contribution in [0.4, 0.5) is 0 Å². The second-order valence-electron chi connectivity index (χ2n) is 3.31. The third-order valence-corrected chi connectivity index (χ3v) is 3.53. The van der Waals surface area contributed by atoms with E-state index in [4.69, 9.17) is 0 Å². The summed E-state index contributed by atoms with van der Waals surface area (Å²) in [5.74, 6) is 0. The van der Waals surface area contributed by atoms with Gasteiger partial charge in [0.25, 0.3) is 0 Å². The van der Waals surface area contributed by atoms with Crippen LogP contribution in [0.25, 0.3) is 0 Å². The molecular weight excluding hydrogens is 192 g/mol. The van der Waals surface area contributed by atoms with Crippen molar-refractivity contribution in [1.82, 2.24) is 0 Å². The lowest BCUT2D eigenvalue weighted by molar-refractivity contribution is 0.804. The van der Waals surface area contributed by atoms with E-state index in [2.05, 4.69) is 39.5 Å². The van der Waals surface area contributed by atoms with Crippen LogP contribution < -0.4 is 0 Å². The topological polar surface area (TPSA) is 0 Å². The Kier molecular flexibility index (Phi) is 2.95. The third-order valence-electron chi connectivity index (χ3n) is 0.974. The molecule has 0 aliphatic heterocycles. The monoisotopic (exact) mass is 204 g/mol. The molecule has 0 radical (unpaired) electrons. The molecule has 0 aromatic carbocycles. The Morgan fingerprint density at radius 1 is 1.36 bits per heavy atom. The van der Waals surface area contributed by atoms with Crippen molar-refractivity contribution in [2.24, 2.45) is 0 Å². The van der Waals surface area contributed by atoms with Gasteiger partial charge in [-0.15, -0.1) is 35.7 Å². The second-order valence-corrected chi connectivity index (χ2v) is 7.30. The summed E-state index contributed by atoms with van der Waals surface area (Å²) in [6.07, 6.45) is 0. The molecule has 0 bridgehead atoms. The number of hydrogen-bond acceptors (Lipinski definition) is 3. The van der Waals surface area contributed by atoms with E-state index < -0.39 is 0 Å². The van der Waals surface area contributed by atoms with Crippen LogP contribution in [0.1, 0.15) is 20.8 Å². The smallest absolute Gasteiger partial charge is 0.0615 e. The van der Waals surface area contributed by atoms with Crippen LogP contribution in [0.3, 0.4) is 0 Å². The Bertz CT molecular complexity index is 232. The second kappa shape index (κ2) is 3.42. The average Bonchev–Trinajstić information content (AvgIpc) is 2.10. The highest BCUT2D eigenvalue weighted by Gasteiger charge is 2.12. The first-order chi connectivity index (χ1) is 4.97. The zero-order valence-electron chi connectivity index (χ0n) is 6.92. The van der Waals surface area contributed by atoms with Crippen LogP contribution in [-0.4, -0.2) is 4.75 Å². The number of thiophene rings is 1. The average molecular weight is 204 g/mol. The molecule has 0 aliphatic rings. The van der Waals surface area contributed by atoms with Crippen molar-refractivity contribution in [2.75, 3.05) is 0 Å². The van der Waals surface area contributed by atoms with Gasteiger partial charge in [-0.25, -0.2) is 0 Å². The minimum atomic E-state index is 0.311. The van der Waals surface area contributed by atoms with Crippen molar-refractivity contribution < 1.29 is 0 Å². The molecule has 1 rings (SSSR count). The van der Waals surface area contributed by atoms with Gasteiger partial charge in [0.15, 0.2) is 0 Å². The van der Waals surface area contributed by atoms with Crippen molar-refractivity contribution in [3.8, 4) is 0 Å². The van der Waals surface area contributed by atoms with Crippen molar-refractivity contribution >= 4 is 35.7 Å². The predicted molar refractivity (Wildman–Crippen MR) is 57.2 cm³/mol. The van der Waals surface area contributed by atoms with Crippen LogP contribution in [0.2, 0.25) is 0 Å². The summed E-state index contributed by atoms with van der Waals surface area (Å²) in [6, 6.07) is 4.17. The third kappa shape index (κ3) is 3.54. The largest absolute Gasteiger partial charge is 0.133 e. The zero-order valence-corrected chi connectivity index (χ0v) is 9.45. The van der Waals surface area contributed by atoms with Gasteiger partial charge in [-0.2, -0.15) is 0 Å². The van der Waals surface area contributed by atoms with Crippen molar-refractivity contribution in [1.29, 1.82) is 0 Å². The number of thioether (sulfide) groups is 1. The summed E-state index contributed by atoms with van der Waals surface area (Å²) in [5, 5.41) is 0. The van der Waals surface area contributed by atoms with Crippen LogP contribution in [0.5, 0.6) is 0 Å². The first kappa shape index (κ1) is 9.49. The summed E-state index contributed by atoms with van der Waals surface area (Å²) in [7, 11) is 0. The molecule has 0 saturated heterocycles. The summed E-state index contributed by atoms with van der Waals surface area (Å²) in [4.78, 5) is 0. The lowest BCUT2D eigenvalue weighted by Crippen LogP contribution is -2.05. The van der Waals surface area contributed by atoms with E-state index in [1.807, 2.05) is 17.8 Å². The van der Waals surface area contributed by atoms with Gasteiger partial charge in [-0.05, 0) is 12.1 Å². The molecule has 62 valence electrons. The van der Waals surface area contributed by atoms with E-state index in [1.165, 1.54) is 4.21 Å². The molecule has 1 aromatic rings. The fourth-order valence-corrected chi connectivity index (χ4v) is 3.63. The Balaban J connectivity index is 2.65. The summed E-state index contributed by atoms with van der Waals surface area (Å²) in [6.45, 7) is 6.65. The highest BCUT2D eigenvalue weighted by molar-refractivity contribution is 8.02. The predicted octanol–water partition coefficient (Wildman–Crippen LogP) is 3.93. The maximum absolute atomic E-state index is 4.26. The molecule has 0 atom stereocenters. The lowest BCUT2D eigenvalue weighted by Gasteiger charge is -2.15. The number of hydrogen-bond donors (Lipinski definition) is 1. The molecule has 0 fully saturated rings. The molecule has 0 N–H and O–H groups in total. The van der Waals surface area contributed by atoms with E-state index >= 15 is 0 Å².